The number of aromatic nitrogens is 3. The van der Waals surface area contributed by atoms with E-state index in [4.69, 9.17) is 0 Å². The number of amides is 1. The molecule has 2 aromatic rings. The van der Waals surface area contributed by atoms with Gasteiger partial charge in [0, 0.05) is 12.2 Å². The van der Waals surface area contributed by atoms with Crippen molar-refractivity contribution >= 4 is 11.6 Å². The van der Waals surface area contributed by atoms with Crippen molar-refractivity contribution in [2.75, 3.05) is 6.54 Å². The number of hydrogen-bond donors (Lipinski definition) is 2. The second-order valence-electron chi connectivity index (χ2n) is 4.51. The van der Waals surface area contributed by atoms with Crippen LogP contribution in [0.2, 0.25) is 0 Å². The third-order valence-corrected chi connectivity index (χ3v) is 3.05. The molecule has 0 aliphatic heterocycles. The van der Waals surface area contributed by atoms with E-state index in [-0.39, 0.29) is 5.91 Å². The summed E-state index contributed by atoms with van der Waals surface area (Å²) in [5, 5.41) is 14.1. The lowest BCUT2D eigenvalue weighted by molar-refractivity contribution is -0.120. The fourth-order valence-corrected chi connectivity index (χ4v) is 1.66. The average molecular weight is 261 g/mol. The largest absolute Gasteiger partial charge is 0.348 e. The van der Waals surface area contributed by atoms with Crippen molar-refractivity contribution in [2.24, 2.45) is 0 Å². The van der Waals surface area contributed by atoms with Crippen LogP contribution in [0.5, 0.6) is 0 Å². The van der Waals surface area contributed by atoms with Crippen LogP contribution in [0.1, 0.15) is 26.1 Å². The van der Waals surface area contributed by atoms with Crippen LogP contribution in [0.25, 0.3) is 5.65 Å². The summed E-state index contributed by atoms with van der Waals surface area (Å²) < 4.78 is 1.86. The van der Waals surface area contributed by atoms with Gasteiger partial charge < -0.3 is 10.6 Å². The predicted octanol–water partition coefficient (Wildman–Crippen LogP) is 0.734. The van der Waals surface area contributed by atoms with Gasteiger partial charge >= 0.3 is 0 Å². The molecule has 19 heavy (non-hydrogen) atoms. The highest BCUT2D eigenvalue weighted by molar-refractivity contribution is 5.77. The number of rotatable bonds is 6. The van der Waals surface area contributed by atoms with Crippen LogP contribution in [0, 0.1) is 0 Å². The molecule has 1 amide bonds. The number of carbonyl (C=O) groups excluding carboxylic acids is 1. The van der Waals surface area contributed by atoms with E-state index in [0.717, 1.165) is 17.9 Å². The Balaban J connectivity index is 1.87. The smallest absolute Gasteiger partial charge is 0.234 e. The fraction of sp³-hybridized carbons (Fsp3) is 0.462. The molecule has 2 aromatic heterocycles. The van der Waals surface area contributed by atoms with E-state index in [2.05, 4.69) is 34.7 Å². The van der Waals surface area contributed by atoms with E-state index in [1.807, 2.05) is 28.8 Å². The highest BCUT2D eigenvalue weighted by Gasteiger charge is 2.07. The van der Waals surface area contributed by atoms with Gasteiger partial charge in [0.2, 0.25) is 5.91 Å². The summed E-state index contributed by atoms with van der Waals surface area (Å²) in [7, 11) is 0. The van der Waals surface area contributed by atoms with Crippen LogP contribution >= 0.6 is 0 Å². The van der Waals surface area contributed by atoms with E-state index in [0.29, 0.717) is 19.1 Å². The molecule has 2 rings (SSSR count). The topological polar surface area (TPSA) is 71.3 Å². The van der Waals surface area contributed by atoms with Crippen molar-refractivity contribution in [3.05, 3.63) is 30.2 Å². The summed E-state index contributed by atoms with van der Waals surface area (Å²) in [6.07, 6.45) is 2.89. The Labute approximate surface area is 112 Å². The van der Waals surface area contributed by atoms with E-state index in [9.17, 15) is 4.79 Å². The van der Waals surface area contributed by atoms with Gasteiger partial charge in [0.15, 0.2) is 11.5 Å². The molecule has 6 heteroatoms. The summed E-state index contributed by atoms with van der Waals surface area (Å²) >= 11 is 0. The minimum absolute atomic E-state index is 0.0343. The molecule has 1 atom stereocenters. The van der Waals surface area contributed by atoms with Crippen molar-refractivity contribution in [1.29, 1.82) is 0 Å². The summed E-state index contributed by atoms with van der Waals surface area (Å²) in [5.41, 5.74) is 0.782. The first-order valence-corrected chi connectivity index (χ1v) is 6.49. The van der Waals surface area contributed by atoms with Gasteiger partial charge in [0.05, 0.1) is 13.1 Å². The molecule has 1 unspecified atom stereocenters. The second-order valence-corrected chi connectivity index (χ2v) is 4.51. The molecular formula is C13H19N5O. The lowest BCUT2D eigenvalue weighted by Crippen LogP contribution is -2.37. The summed E-state index contributed by atoms with van der Waals surface area (Å²) in [5.74, 6) is 0.695. The van der Waals surface area contributed by atoms with Crippen molar-refractivity contribution in [3.63, 3.8) is 0 Å². The number of fused-ring (bicyclic) bond motifs is 1. The molecule has 0 aliphatic carbocycles. The monoisotopic (exact) mass is 261 g/mol. The van der Waals surface area contributed by atoms with Gasteiger partial charge in [-0.3, -0.25) is 9.20 Å². The molecule has 0 saturated heterocycles. The Hall–Kier alpha value is -1.95. The minimum atomic E-state index is -0.0343. The predicted molar refractivity (Wildman–Crippen MR) is 72.6 cm³/mol. The number of nitrogens with zero attached hydrogens (tertiary/aromatic N) is 3. The van der Waals surface area contributed by atoms with Crippen LogP contribution < -0.4 is 10.6 Å². The Morgan fingerprint density at radius 1 is 1.42 bits per heavy atom. The van der Waals surface area contributed by atoms with E-state index in [1.165, 1.54) is 0 Å². The molecule has 0 spiro atoms. The zero-order valence-corrected chi connectivity index (χ0v) is 11.3. The van der Waals surface area contributed by atoms with Crippen molar-refractivity contribution < 1.29 is 4.79 Å². The van der Waals surface area contributed by atoms with Gasteiger partial charge in [-0.05, 0) is 25.5 Å². The van der Waals surface area contributed by atoms with Gasteiger partial charge in [-0.1, -0.05) is 13.0 Å². The third-order valence-electron chi connectivity index (χ3n) is 3.05. The first-order valence-electron chi connectivity index (χ1n) is 6.49. The summed E-state index contributed by atoms with van der Waals surface area (Å²) in [4.78, 5) is 11.7. The number of pyridine rings is 1. The quantitative estimate of drug-likeness (QED) is 0.804. The first-order chi connectivity index (χ1) is 9.20. The molecule has 2 N–H and O–H groups in total. The highest BCUT2D eigenvalue weighted by Crippen LogP contribution is 2.01. The lowest BCUT2D eigenvalue weighted by atomic mass is 10.2. The molecular weight excluding hydrogens is 242 g/mol. The van der Waals surface area contributed by atoms with E-state index < -0.39 is 0 Å². The molecule has 2 heterocycles. The standard InChI is InChI=1S/C13H19N5O/c1-3-10(2)14-9-13(19)15-8-12-17-16-11-6-4-5-7-18(11)12/h4-7,10,14H,3,8-9H2,1-2H3,(H,15,19). The van der Waals surface area contributed by atoms with Gasteiger partial charge in [-0.15, -0.1) is 10.2 Å². The number of hydrogen-bond acceptors (Lipinski definition) is 4. The molecule has 102 valence electrons. The summed E-state index contributed by atoms with van der Waals surface area (Å²) in [6.45, 7) is 4.84. The molecule has 6 nitrogen and oxygen atoms in total. The van der Waals surface area contributed by atoms with Crippen LogP contribution in [-0.2, 0) is 11.3 Å². The van der Waals surface area contributed by atoms with Gasteiger partial charge in [0.25, 0.3) is 0 Å². The number of carbonyl (C=O) groups is 1. The maximum atomic E-state index is 11.7. The Kier molecular flexibility index (Phi) is 4.46. The van der Waals surface area contributed by atoms with Crippen LogP contribution in [0.15, 0.2) is 24.4 Å². The second kappa shape index (κ2) is 6.29. The van der Waals surface area contributed by atoms with E-state index >= 15 is 0 Å². The number of nitrogens with one attached hydrogen (secondary N) is 2. The van der Waals surface area contributed by atoms with Crippen molar-refractivity contribution in [1.82, 2.24) is 25.2 Å². The Morgan fingerprint density at radius 3 is 3.05 bits per heavy atom. The molecule has 0 radical (unpaired) electrons. The normalized spacial score (nSPS) is 12.5. The molecule has 0 aromatic carbocycles. The average Bonchev–Trinajstić information content (AvgIpc) is 2.85. The van der Waals surface area contributed by atoms with E-state index in [1.54, 1.807) is 0 Å². The Bertz CT molecular complexity index is 551. The lowest BCUT2D eigenvalue weighted by Gasteiger charge is -2.10. The van der Waals surface area contributed by atoms with Crippen LogP contribution in [0.4, 0.5) is 0 Å². The minimum Gasteiger partial charge on any atom is -0.348 e. The molecule has 0 fully saturated rings. The third kappa shape index (κ3) is 3.51. The highest BCUT2D eigenvalue weighted by atomic mass is 16.1. The molecule has 0 saturated carbocycles. The Morgan fingerprint density at radius 2 is 2.26 bits per heavy atom. The zero-order valence-electron chi connectivity index (χ0n) is 11.3. The maximum Gasteiger partial charge on any atom is 0.234 e. The maximum absolute atomic E-state index is 11.7. The van der Waals surface area contributed by atoms with Crippen LogP contribution in [-0.4, -0.2) is 33.1 Å². The van der Waals surface area contributed by atoms with Gasteiger partial charge in [-0.25, -0.2) is 0 Å². The fourth-order valence-electron chi connectivity index (χ4n) is 1.66. The van der Waals surface area contributed by atoms with Crippen molar-refractivity contribution in [2.45, 2.75) is 32.9 Å². The van der Waals surface area contributed by atoms with Crippen molar-refractivity contribution in [3.8, 4) is 0 Å². The van der Waals surface area contributed by atoms with Crippen LogP contribution in [0.3, 0.4) is 0 Å². The van der Waals surface area contributed by atoms with Gasteiger partial charge in [-0.2, -0.15) is 0 Å². The molecule has 0 bridgehead atoms. The van der Waals surface area contributed by atoms with Gasteiger partial charge in [0.1, 0.15) is 0 Å². The zero-order chi connectivity index (χ0) is 13.7. The SMILES string of the molecule is CCC(C)NCC(=O)NCc1nnc2ccccn12. The summed E-state index contributed by atoms with van der Waals surface area (Å²) in [6, 6.07) is 6.04. The first kappa shape index (κ1) is 13.5. The molecule has 0 aliphatic rings.